The largest absolute Gasteiger partial charge is 0.488 e. The first-order chi connectivity index (χ1) is 23.0. The number of para-hydroxylation sites is 4. The van der Waals surface area contributed by atoms with Gasteiger partial charge in [-0.3, -0.25) is 4.90 Å². The standard InChI is InChI=1S/C34H37F6N3O5/c35-33(36,37)23-47-30-8-3-1-6-28(30)45-18-15-42(16-19-46-29-7-2-4-9-31(29)48-24-34(38,39)40)13-10-25-20-26-11-14-43(12-5-17-44)32(26)27(21-25)22-41/h1-4,6-9,20-21,44H,5,10-19,23-24H2. The van der Waals surface area contributed by atoms with Crippen molar-refractivity contribution in [3.8, 4) is 29.1 Å². The topological polar surface area (TPSA) is 87.4 Å². The van der Waals surface area contributed by atoms with Crippen molar-refractivity contribution in [1.82, 2.24) is 4.90 Å². The fourth-order valence-electron chi connectivity index (χ4n) is 5.30. The van der Waals surface area contributed by atoms with Gasteiger partial charge >= 0.3 is 12.4 Å². The van der Waals surface area contributed by atoms with E-state index in [-0.39, 0.29) is 42.8 Å². The summed E-state index contributed by atoms with van der Waals surface area (Å²) in [6, 6.07) is 18.3. The predicted octanol–water partition coefficient (Wildman–Crippen LogP) is 6.19. The quantitative estimate of drug-likeness (QED) is 0.159. The van der Waals surface area contributed by atoms with Crippen LogP contribution >= 0.6 is 0 Å². The third-order valence-corrected chi connectivity index (χ3v) is 7.45. The molecular formula is C34H37F6N3O5. The number of fused-ring (bicyclic) bond motifs is 1. The Morgan fingerprint density at radius 1 is 0.771 bits per heavy atom. The Hall–Kier alpha value is -4.35. The number of hydrogen-bond acceptors (Lipinski definition) is 8. The van der Waals surface area contributed by atoms with Crippen LogP contribution in [0.1, 0.15) is 23.1 Å². The van der Waals surface area contributed by atoms with Crippen LogP contribution in [0.3, 0.4) is 0 Å². The fourth-order valence-corrected chi connectivity index (χ4v) is 5.30. The van der Waals surface area contributed by atoms with Gasteiger partial charge in [-0.15, -0.1) is 0 Å². The molecule has 0 radical (unpaired) electrons. The van der Waals surface area contributed by atoms with Crippen molar-refractivity contribution in [1.29, 1.82) is 5.26 Å². The van der Waals surface area contributed by atoms with Gasteiger partial charge in [0.05, 0.1) is 11.3 Å². The predicted molar refractivity (Wildman–Crippen MR) is 166 cm³/mol. The highest BCUT2D eigenvalue weighted by molar-refractivity contribution is 5.68. The summed E-state index contributed by atoms with van der Waals surface area (Å²) in [6.07, 6.45) is -7.10. The van der Waals surface area contributed by atoms with Crippen LogP contribution in [-0.2, 0) is 12.8 Å². The lowest BCUT2D eigenvalue weighted by atomic mass is 10.0. The Kier molecular flexibility index (Phi) is 13.0. The van der Waals surface area contributed by atoms with Gasteiger partial charge in [-0.25, -0.2) is 0 Å². The summed E-state index contributed by atoms with van der Waals surface area (Å²) in [4.78, 5) is 4.10. The molecule has 0 saturated carbocycles. The van der Waals surface area contributed by atoms with Crippen molar-refractivity contribution >= 4 is 5.69 Å². The highest BCUT2D eigenvalue weighted by atomic mass is 19.4. The van der Waals surface area contributed by atoms with Crippen molar-refractivity contribution in [2.24, 2.45) is 0 Å². The number of halogens is 6. The minimum atomic E-state index is -4.51. The molecule has 14 heteroatoms. The first-order valence-corrected chi connectivity index (χ1v) is 15.4. The molecule has 8 nitrogen and oxygen atoms in total. The first kappa shape index (κ1) is 36.5. The van der Waals surface area contributed by atoms with Gasteiger partial charge in [-0.2, -0.15) is 31.6 Å². The van der Waals surface area contributed by atoms with E-state index in [0.29, 0.717) is 44.6 Å². The summed E-state index contributed by atoms with van der Waals surface area (Å²) < 4.78 is 97.8. The zero-order valence-corrected chi connectivity index (χ0v) is 26.2. The molecule has 0 aliphatic carbocycles. The maximum atomic E-state index is 12.7. The first-order valence-electron chi connectivity index (χ1n) is 15.4. The molecule has 4 rings (SSSR count). The second kappa shape index (κ2) is 17.2. The van der Waals surface area contributed by atoms with E-state index in [9.17, 15) is 36.7 Å². The van der Waals surface area contributed by atoms with E-state index >= 15 is 0 Å². The molecular weight excluding hydrogens is 644 g/mol. The second-order valence-corrected chi connectivity index (χ2v) is 11.1. The molecule has 0 atom stereocenters. The number of aliphatic hydroxyl groups is 1. The molecule has 1 aliphatic rings. The smallest absolute Gasteiger partial charge is 0.422 e. The molecule has 0 fully saturated rings. The number of ether oxygens (including phenoxy) is 4. The van der Waals surface area contributed by atoms with Crippen molar-refractivity contribution in [2.45, 2.75) is 31.6 Å². The number of benzene rings is 3. The van der Waals surface area contributed by atoms with Crippen LogP contribution in [0, 0.1) is 11.3 Å². The molecule has 0 spiro atoms. The number of nitrogens with zero attached hydrogens (tertiary/aromatic N) is 3. The molecule has 260 valence electrons. The summed E-state index contributed by atoms with van der Waals surface area (Å²) in [7, 11) is 0. The van der Waals surface area contributed by atoms with Crippen LogP contribution in [0.4, 0.5) is 32.0 Å². The van der Waals surface area contributed by atoms with Gasteiger partial charge in [0.25, 0.3) is 0 Å². The van der Waals surface area contributed by atoms with E-state index in [1.807, 2.05) is 11.0 Å². The Labute approximate surface area is 275 Å². The number of hydrogen-bond donors (Lipinski definition) is 1. The average molecular weight is 682 g/mol. The lowest BCUT2D eigenvalue weighted by molar-refractivity contribution is -0.154. The highest BCUT2D eigenvalue weighted by Crippen LogP contribution is 2.34. The summed E-state index contributed by atoms with van der Waals surface area (Å²) >= 11 is 0. The maximum absolute atomic E-state index is 12.7. The van der Waals surface area contributed by atoms with Crippen molar-refractivity contribution in [3.05, 3.63) is 77.4 Å². The Balaban J connectivity index is 1.43. The monoisotopic (exact) mass is 681 g/mol. The molecule has 0 saturated heterocycles. The zero-order chi connectivity index (χ0) is 34.6. The number of nitriles is 1. The van der Waals surface area contributed by atoms with Crippen molar-refractivity contribution < 1.29 is 50.4 Å². The molecule has 48 heavy (non-hydrogen) atoms. The Morgan fingerprint density at radius 3 is 1.77 bits per heavy atom. The van der Waals surface area contributed by atoms with Gasteiger partial charge in [-0.05, 0) is 60.7 Å². The van der Waals surface area contributed by atoms with Crippen LogP contribution in [-0.4, -0.2) is 88.1 Å². The maximum Gasteiger partial charge on any atom is 0.422 e. The van der Waals surface area contributed by atoms with Crippen LogP contribution in [0.2, 0.25) is 0 Å². The molecule has 1 aliphatic heterocycles. The van der Waals surface area contributed by atoms with E-state index in [1.165, 1.54) is 36.4 Å². The van der Waals surface area contributed by atoms with Gasteiger partial charge in [0.1, 0.15) is 19.3 Å². The summed E-state index contributed by atoms with van der Waals surface area (Å²) in [5, 5.41) is 19.1. The molecule has 0 amide bonds. The van der Waals surface area contributed by atoms with E-state index in [0.717, 1.165) is 29.8 Å². The van der Waals surface area contributed by atoms with Crippen LogP contribution < -0.4 is 23.8 Å². The Morgan fingerprint density at radius 2 is 1.29 bits per heavy atom. The lowest BCUT2D eigenvalue weighted by Crippen LogP contribution is -2.34. The van der Waals surface area contributed by atoms with Crippen LogP contribution in [0.5, 0.6) is 23.0 Å². The fraction of sp³-hybridized carbons (Fsp3) is 0.441. The van der Waals surface area contributed by atoms with E-state index in [2.05, 4.69) is 17.0 Å². The lowest BCUT2D eigenvalue weighted by Gasteiger charge is -2.24. The number of rotatable bonds is 18. The van der Waals surface area contributed by atoms with E-state index < -0.39 is 25.6 Å². The van der Waals surface area contributed by atoms with Gasteiger partial charge < -0.3 is 29.0 Å². The van der Waals surface area contributed by atoms with Gasteiger partial charge in [0.2, 0.25) is 0 Å². The van der Waals surface area contributed by atoms with E-state index in [4.69, 9.17) is 18.9 Å². The summed E-state index contributed by atoms with van der Waals surface area (Å²) in [5.74, 6) is 0.208. The van der Waals surface area contributed by atoms with Crippen molar-refractivity contribution in [3.63, 3.8) is 0 Å². The van der Waals surface area contributed by atoms with E-state index in [1.54, 1.807) is 12.1 Å². The second-order valence-electron chi connectivity index (χ2n) is 11.1. The third kappa shape index (κ3) is 11.4. The molecule has 1 N–H and O–H groups in total. The normalized spacial score (nSPS) is 12.9. The summed E-state index contributed by atoms with van der Waals surface area (Å²) in [5.41, 5.74) is 3.46. The van der Waals surface area contributed by atoms with Gasteiger partial charge in [0, 0.05) is 39.3 Å². The van der Waals surface area contributed by atoms with Gasteiger partial charge in [0.15, 0.2) is 36.2 Å². The number of alkyl halides is 6. The van der Waals surface area contributed by atoms with Crippen LogP contribution in [0.25, 0.3) is 0 Å². The summed E-state index contributed by atoms with van der Waals surface area (Å²) in [6.45, 7) is -0.128. The third-order valence-electron chi connectivity index (χ3n) is 7.45. The van der Waals surface area contributed by atoms with Gasteiger partial charge in [-0.1, -0.05) is 30.3 Å². The minimum Gasteiger partial charge on any atom is -0.488 e. The SMILES string of the molecule is N#Cc1cc(CCN(CCOc2ccccc2OCC(F)(F)F)CCOc2ccccc2OCC(F)(F)F)cc2c1N(CCCO)CC2. The molecule has 0 unspecified atom stereocenters. The van der Waals surface area contributed by atoms with Crippen molar-refractivity contribution in [2.75, 3.05) is 70.7 Å². The molecule has 1 heterocycles. The number of anilines is 1. The van der Waals surface area contributed by atoms with Crippen LogP contribution in [0.15, 0.2) is 60.7 Å². The Bertz CT molecular complexity index is 1440. The molecule has 3 aromatic carbocycles. The average Bonchev–Trinajstić information content (AvgIpc) is 3.46. The zero-order valence-electron chi connectivity index (χ0n) is 26.2. The highest BCUT2D eigenvalue weighted by Gasteiger charge is 2.30. The molecule has 0 aromatic heterocycles. The number of aliphatic hydroxyl groups excluding tert-OH is 1. The molecule has 0 bridgehead atoms. The molecule has 3 aromatic rings. The minimum absolute atomic E-state index is 0.0459.